The van der Waals surface area contributed by atoms with Gasteiger partial charge >= 0.3 is 6.09 Å². The van der Waals surface area contributed by atoms with Crippen LogP contribution >= 0.6 is 0 Å². The van der Waals surface area contributed by atoms with Crippen molar-refractivity contribution in [3.05, 3.63) is 30.0 Å². The number of carboxylic acid groups (broad SMARTS) is 1. The smallest absolute Gasteiger partial charge is 0.405 e. The molecule has 24 heavy (non-hydrogen) atoms. The number of aliphatic hydroxyl groups is 1. The molecule has 2 atom stereocenters. The van der Waals surface area contributed by atoms with E-state index < -0.39 is 18.2 Å². The second kappa shape index (κ2) is 6.98. The lowest BCUT2D eigenvalue weighted by molar-refractivity contribution is 0.143. The lowest BCUT2D eigenvalue weighted by Crippen LogP contribution is -2.42. The number of nitrogens with zero attached hydrogens (tertiary/aromatic N) is 3. The quantitative estimate of drug-likeness (QED) is 0.731. The molecule has 1 amide bonds. The van der Waals surface area contributed by atoms with Crippen molar-refractivity contribution in [2.24, 2.45) is 0 Å². The predicted octanol–water partition coefficient (Wildman–Crippen LogP) is 0.494. The maximum Gasteiger partial charge on any atom is 0.405 e. The molecule has 3 N–H and O–H groups in total. The molecule has 1 fully saturated rings. The third-order valence-corrected chi connectivity index (χ3v) is 4.22. The molecule has 128 valence electrons. The minimum atomic E-state index is -1.11. The fraction of sp³-hybridized carbons (Fsp3) is 0.438. The number of hydrogen-bond acceptors (Lipinski definition) is 6. The van der Waals surface area contributed by atoms with E-state index in [9.17, 15) is 9.90 Å². The fourth-order valence-corrected chi connectivity index (χ4v) is 3.00. The molecule has 0 unspecified atom stereocenters. The van der Waals surface area contributed by atoms with E-state index in [0.717, 1.165) is 23.0 Å². The van der Waals surface area contributed by atoms with Crippen LogP contribution in [0.2, 0.25) is 0 Å². The molecule has 0 saturated carbocycles. The molecular weight excluding hydrogens is 312 g/mol. The first-order valence-electron chi connectivity index (χ1n) is 7.75. The Morgan fingerprint density at radius 1 is 1.42 bits per heavy atom. The van der Waals surface area contributed by atoms with Crippen molar-refractivity contribution in [2.45, 2.75) is 18.6 Å². The molecule has 8 heteroatoms. The summed E-state index contributed by atoms with van der Waals surface area (Å²) in [7, 11) is 1.57. The number of aliphatic hydroxyl groups excluding tert-OH is 1. The third-order valence-electron chi connectivity index (χ3n) is 4.22. The van der Waals surface area contributed by atoms with E-state index >= 15 is 0 Å². The first kappa shape index (κ1) is 16.4. The monoisotopic (exact) mass is 332 g/mol. The topological polar surface area (TPSA) is 108 Å². The summed E-state index contributed by atoms with van der Waals surface area (Å²) in [6.07, 6.45) is 0.677. The molecular formula is C16H20N4O4. The largest absolute Gasteiger partial charge is 0.481 e. The van der Waals surface area contributed by atoms with Gasteiger partial charge in [-0.2, -0.15) is 0 Å². The number of pyridine rings is 2. The maximum absolute atomic E-state index is 10.7. The van der Waals surface area contributed by atoms with Gasteiger partial charge in [0.2, 0.25) is 5.88 Å². The molecule has 8 nitrogen and oxygen atoms in total. The highest BCUT2D eigenvalue weighted by molar-refractivity contribution is 5.78. The summed E-state index contributed by atoms with van der Waals surface area (Å²) in [5, 5.41) is 21.1. The zero-order chi connectivity index (χ0) is 17.1. The van der Waals surface area contributed by atoms with Crippen molar-refractivity contribution in [2.75, 3.05) is 26.7 Å². The van der Waals surface area contributed by atoms with Gasteiger partial charge in [-0.15, -0.1) is 0 Å². The number of hydrogen-bond donors (Lipinski definition) is 3. The van der Waals surface area contributed by atoms with Crippen LogP contribution in [0.25, 0.3) is 11.0 Å². The average Bonchev–Trinajstić information content (AvgIpc) is 2.91. The highest BCUT2D eigenvalue weighted by Crippen LogP contribution is 2.19. The van der Waals surface area contributed by atoms with Crippen LogP contribution in [0, 0.1) is 0 Å². The maximum atomic E-state index is 10.7. The van der Waals surface area contributed by atoms with Gasteiger partial charge in [-0.25, -0.2) is 9.78 Å². The Bertz CT molecular complexity index is 739. The molecule has 1 aliphatic rings. The van der Waals surface area contributed by atoms with Crippen molar-refractivity contribution < 1.29 is 19.7 Å². The number of rotatable bonds is 5. The molecule has 1 aliphatic heterocycles. The molecule has 3 heterocycles. The van der Waals surface area contributed by atoms with Gasteiger partial charge in [0.1, 0.15) is 0 Å². The van der Waals surface area contributed by atoms with Crippen molar-refractivity contribution >= 4 is 17.1 Å². The number of likely N-dealkylation sites (tertiary alicyclic amines) is 1. The molecule has 0 spiro atoms. The van der Waals surface area contributed by atoms with E-state index in [4.69, 9.17) is 9.84 Å². The number of nitrogens with one attached hydrogen (secondary N) is 1. The number of carbonyl (C=O) groups is 1. The van der Waals surface area contributed by atoms with Crippen molar-refractivity contribution in [1.29, 1.82) is 0 Å². The van der Waals surface area contributed by atoms with E-state index in [1.54, 1.807) is 19.4 Å². The number of aromatic nitrogens is 2. The SMILES string of the molecule is COc1ccc2nccc(CCN3C[C@H](NC(=O)O)[C@@H](O)C3)c2n1. The van der Waals surface area contributed by atoms with Crippen LogP contribution in [0.4, 0.5) is 4.79 Å². The summed E-state index contributed by atoms with van der Waals surface area (Å²) in [5.41, 5.74) is 2.65. The number of amides is 1. The van der Waals surface area contributed by atoms with Crippen LogP contribution in [0.5, 0.6) is 5.88 Å². The van der Waals surface area contributed by atoms with E-state index in [1.807, 2.05) is 17.0 Å². The third kappa shape index (κ3) is 3.55. The second-order valence-electron chi connectivity index (χ2n) is 5.82. The number of fused-ring (bicyclic) bond motifs is 1. The van der Waals surface area contributed by atoms with E-state index in [0.29, 0.717) is 25.5 Å². The van der Waals surface area contributed by atoms with E-state index in [-0.39, 0.29) is 0 Å². The van der Waals surface area contributed by atoms with Gasteiger partial charge in [-0.05, 0) is 24.1 Å². The summed E-state index contributed by atoms with van der Waals surface area (Å²) in [6, 6.07) is 5.12. The van der Waals surface area contributed by atoms with Gasteiger partial charge in [0, 0.05) is 31.9 Å². The molecule has 0 aromatic carbocycles. The van der Waals surface area contributed by atoms with Crippen LogP contribution in [0.3, 0.4) is 0 Å². The zero-order valence-electron chi connectivity index (χ0n) is 13.3. The van der Waals surface area contributed by atoms with Crippen LogP contribution in [-0.2, 0) is 6.42 Å². The van der Waals surface area contributed by atoms with Crippen LogP contribution < -0.4 is 10.1 Å². The molecule has 2 aromatic heterocycles. The number of methoxy groups -OCH3 is 1. The highest BCUT2D eigenvalue weighted by Gasteiger charge is 2.32. The van der Waals surface area contributed by atoms with Gasteiger partial charge in [0.05, 0.1) is 30.3 Å². The normalized spacial score (nSPS) is 21.1. The molecule has 3 rings (SSSR count). The summed E-state index contributed by atoms with van der Waals surface area (Å²) in [5.74, 6) is 0.541. The Morgan fingerprint density at radius 3 is 3.00 bits per heavy atom. The molecule has 0 bridgehead atoms. The zero-order valence-corrected chi connectivity index (χ0v) is 13.3. The van der Waals surface area contributed by atoms with Crippen LogP contribution in [0.15, 0.2) is 24.4 Å². The van der Waals surface area contributed by atoms with Crippen LogP contribution in [0.1, 0.15) is 5.56 Å². The summed E-state index contributed by atoms with van der Waals surface area (Å²) >= 11 is 0. The minimum absolute atomic E-state index is 0.449. The molecule has 0 radical (unpaired) electrons. The average molecular weight is 332 g/mol. The van der Waals surface area contributed by atoms with Gasteiger partial charge in [0.25, 0.3) is 0 Å². The van der Waals surface area contributed by atoms with E-state index in [1.165, 1.54) is 0 Å². The Labute approximate surface area is 139 Å². The van der Waals surface area contributed by atoms with Gasteiger partial charge in [0.15, 0.2) is 0 Å². The van der Waals surface area contributed by atoms with Gasteiger partial charge < -0.3 is 20.3 Å². The summed E-state index contributed by atoms with van der Waals surface area (Å²) in [6.45, 7) is 1.64. The fourth-order valence-electron chi connectivity index (χ4n) is 3.00. The van der Waals surface area contributed by atoms with Gasteiger partial charge in [-0.3, -0.25) is 9.88 Å². The minimum Gasteiger partial charge on any atom is -0.481 e. The van der Waals surface area contributed by atoms with Crippen molar-refractivity contribution in [1.82, 2.24) is 20.2 Å². The first-order valence-corrected chi connectivity index (χ1v) is 7.75. The molecule has 2 aromatic rings. The van der Waals surface area contributed by atoms with Crippen molar-refractivity contribution in [3.8, 4) is 5.88 Å². The lowest BCUT2D eigenvalue weighted by Gasteiger charge is -2.16. The standard InChI is InChI=1S/C16H20N4O4/c1-24-14-3-2-11-15(19-14)10(4-6-17-11)5-7-20-8-12(13(21)9-20)18-16(22)23/h2-4,6,12-13,18,21H,5,7-9H2,1H3,(H,22,23)/t12-,13-/m0/s1. The Balaban J connectivity index is 1.69. The Morgan fingerprint density at radius 2 is 2.25 bits per heavy atom. The highest BCUT2D eigenvalue weighted by atomic mass is 16.5. The summed E-state index contributed by atoms with van der Waals surface area (Å²) in [4.78, 5) is 21.5. The molecule has 0 aliphatic carbocycles. The second-order valence-corrected chi connectivity index (χ2v) is 5.82. The summed E-state index contributed by atoms with van der Waals surface area (Å²) < 4.78 is 5.17. The van der Waals surface area contributed by atoms with Gasteiger partial charge in [-0.1, -0.05) is 0 Å². The predicted molar refractivity (Wildman–Crippen MR) is 87.2 cm³/mol. The Kier molecular flexibility index (Phi) is 4.77. The first-order chi connectivity index (χ1) is 11.6. The lowest BCUT2D eigenvalue weighted by atomic mass is 10.1. The Hall–Kier alpha value is -2.45. The molecule has 1 saturated heterocycles. The van der Waals surface area contributed by atoms with E-state index in [2.05, 4.69) is 15.3 Å². The number of β-amino-alcohol motifs (C(OH)–C–C–N with tert-alkyl or cyclic N) is 1. The van der Waals surface area contributed by atoms with Crippen molar-refractivity contribution in [3.63, 3.8) is 0 Å². The number of ether oxygens (including phenoxy) is 1. The van der Waals surface area contributed by atoms with Crippen LogP contribution in [-0.4, -0.2) is 70.1 Å².